The number of aryl methyl sites for hydroxylation is 2. The molecule has 1 aliphatic heterocycles. The van der Waals surface area contributed by atoms with Crippen molar-refractivity contribution in [2.45, 2.75) is 65.1 Å². The molecule has 4 heteroatoms. The van der Waals surface area contributed by atoms with Gasteiger partial charge >= 0.3 is 0 Å². The van der Waals surface area contributed by atoms with Gasteiger partial charge in [-0.15, -0.1) is 0 Å². The number of para-hydroxylation sites is 1. The fraction of sp³-hybridized carbons (Fsp3) is 0.579. The third-order valence-electron chi connectivity index (χ3n) is 5.09. The quantitative estimate of drug-likeness (QED) is 0.869. The molecule has 0 unspecified atom stereocenters. The standard InChI is InChI=1S/C19H27N3O/c1-14(2)22-11-5-4-8-16(22)10-12-21-13-20-18-15(3)7-6-9-17(18)19(21)23/h6-7,9,13-14,16H,4-5,8,10-12H2,1-3H3/t16-/m0/s1. The first kappa shape index (κ1) is 16.2. The second-order valence-electron chi connectivity index (χ2n) is 6.98. The number of hydrogen-bond acceptors (Lipinski definition) is 3. The molecule has 0 amide bonds. The average molecular weight is 313 g/mol. The van der Waals surface area contributed by atoms with Crippen molar-refractivity contribution in [3.05, 3.63) is 40.4 Å². The number of benzene rings is 1. The van der Waals surface area contributed by atoms with E-state index in [-0.39, 0.29) is 5.56 Å². The maximum Gasteiger partial charge on any atom is 0.261 e. The van der Waals surface area contributed by atoms with Crippen LogP contribution in [0.3, 0.4) is 0 Å². The Morgan fingerprint density at radius 2 is 2.13 bits per heavy atom. The molecule has 2 heterocycles. The predicted octanol–water partition coefficient (Wildman–Crippen LogP) is 3.36. The van der Waals surface area contributed by atoms with Crippen molar-refractivity contribution in [3.8, 4) is 0 Å². The summed E-state index contributed by atoms with van der Waals surface area (Å²) < 4.78 is 1.79. The van der Waals surface area contributed by atoms with E-state index < -0.39 is 0 Å². The Kier molecular flexibility index (Phi) is 4.81. The van der Waals surface area contributed by atoms with E-state index in [4.69, 9.17) is 0 Å². The molecule has 1 fully saturated rings. The zero-order chi connectivity index (χ0) is 16.4. The highest BCUT2D eigenvalue weighted by atomic mass is 16.1. The number of hydrogen-bond donors (Lipinski definition) is 0. The molecule has 0 radical (unpaired) electrons. The summed E-state index contributed by atoms with van der Waals surface area (Å²) >= 11 is 0. The molecule has 0 N–H and O–H groups in total. The molecular weight excluding hydrogens is 286 g/mol. The molecule has 0 spiro atoms. The summed E-state index contributed by atoms with van der Waals surface area (Å²) in [6.07, 6.45) is 6.59. The van der Waals surface area contributed by atoms with Gasteiger partial charge in [0.25, 0.3) is 5.56 Å². The third-order valence-corrected chi connectivity index (χ3v) is 5.09. The van der Waals surface area contributed by atoms with Crippen LogP contribution in [0.15, 0.2) is 29.3 Å². The van der Waals surface area contributed by atoms with E-state index in [1.165, 1.54) is 25.8 Å². The van der Waals surface area contributed by atoms with Gasteiger partial charge in [0.2, 0.25) is 0 Å². The van der Waals surface area contributed by atoms with Gasteiger partial charge in [-0.2, -0.15) is 0 Å². The number of fused-ring (bicyclic) bond motifs is 1. The van der Waals surface area contributed by atoms with Crippen LogP contribution in [0.5, 0.6) is 0 Å². The van der Waals surface area contributed by atoms with Crippen molar-refractivity contribution in [3.63, 3.8) is 0 Å². The van der Waals surface area contributed by atoms with Crippen LogP contribution in [0.25, 0.3) is 10.9 Å². The smallest absolute Gasteiger partial charge is 0.261 e. The largest absolute Gasteiger partial charge is 0.299 e. The van der Waals surface area contributed by atoms with Gasteiger partial charge in [0.1, 0.15) is 0 Å². The van der Waals surface area contributed by atoms with Crippen molar-refractivity contribution in [1.82, 2.24) is 14.5 Å². The van der Waals surface area contributed by atoms with E-state index in [0.717, 1.165) is 29.4 Å². The minimum atomic E-state index is 0.0885. The Labute approximate surface area is 138 Å². The first-order valence-electron chi connectivity index (χ1n) is 8.78. The lowest BCUT2D eigenvalue weighted by Gasteiger charge is -2.38. The minimum absolute atomic E-state index is 0.0885. The van der Waals surface area contributed by atoms with Crippen molar-refractivity contribution < 1.29 is 0 Å². The molecular formula is C19H27N3O. The molecule has 1 aliphatic rings. The summed E-state index contributed by atoms with van der Waals surface area (Å²) in [7, 11) is 0. The lowest BCUT2D eigenvalue weighted by Crippen LogP contribution is -2.44. The Hall–Kier alpha value is -1.68. The Balaban J connectivity index is 1.79. The minimum Gasteiger partial charge on any atom is -0.299 e. The van der Waals surface area contributed by atoms with Crippen LogP contribution in [0, 0.1) is 6.92 Å². The first-order chi connectivity index (χ1) is 11.1. The molecule has 23 heavy (non-hydrogen) atoms. The maximum atomic E-state index is 12.7. The van der Waals surface area contributed by atoms with Gasteiger partial charge in [0.15, 0.2) is 0 Å². The van der Waals surface area contributed by atoms with Crippen LogP contribution in [0.2, 0.25) is 0 Å². The number of piperidine rings is 1. The SMILES string of the molecule is Cc1cccc2c(=O)n(CC[C@@H]3CCCCN3C(C)C)cnc12. The Bertz CT molecular complexity index is 735. The molecule has 0 aliphatic carbocycles. The fourth-order valence-corrected chi connectivity index (χ4v) is 3.80. The van der Waals surface area contributed by atoms with Gasteiger partial charge in [-0.1, -0.05) is 18.6 Å². The monoisotopic (exact) mass is 313 g/mol. The van der Waals surface area contributed by atoms with Crippen LogP contribution in [-0.4, -0.2) is 33.1 Å². The number of nitrogens with zero attached hydrogens (tertiary/aromatic N) is 3. The molecule has 1 atom stereocenters. The molecule has 1 aromatic carbocycles. The van der Waals surface area contributed by atoms with Gasteiger partial charge < -0.3 is 0 Å². The van der Waals surface area contributed by atoms with Crippen LogP contribution >= 0.6 is 0 Å². The molecule has 4 nitrogen and oxygen atoms in total. The average Bonchev–Trinajstić information content (AvgIpc) is 2.55. The van der Waals surface area contributed by atoms with Crippen molar-refractivity contribution >= 4 is 10.9 Å². The van der Waals surface area contributed by atoms with Crippen LogP contribution in [0.1, 0.15) is 45.1 Å². The lowest BCUT2D eigenvalue weighted by molar-refractivity contribution is 0.102. The van der Waals surface area contributed by atoms with E-state index in [0.29, 0.717) is 12.1 Å². The number of aromatic nitrogens is 2. The van der Waals surface area contributed by atoms with Crippen LogP contribution < -0.4 is 5.56 Å². The summed E-state index contributed by atoms with van der Waals surface area (Å²) in [5, 5.41) is 0.733. The van der Waals surface area contributed by atoms with E-state index in [1.807, 2.05) is 25.1 Å². The molecule has 1 saturated heterocycles. The second-order valence-corrected chi connectivity index (χ2v) is 6.98. The summed E-state index contributed by atoms with van der Waals surface area (Å²) in [5.41, 5.74) is 1.98. The highest BCUT2D eigenvalue weighted by molar-refractivity contribution is 5.80. The van der Waals surface area contributed by atoms with Gasteiger partial charge in [-0.25, -0.2) is 4.98 Å². The summed E-state index contributed by atoms with van der Waals surface area (Å²) in [6, 6.07) is 6.99. The zero-order valence-corrected chi connectivity index (χ0v) is 14.5. The molecule has 1 aromatic heterocycles. The molecule has 0 saturated carbocycles. The summed E-state index contributed by atoms with van der Waals surface area (Å²) in [4.78, 5) is 19.8. The van der Waals surface area contributed by atoms with Crippen molar-refractivity contribution in [2.24, 2.45) is 0 Å². The van der Waals surface area contributed by atoms with Gasteiger partial charge in [-0.05, 0) is 58.2 Å². The molecule has 2 aromatic rings. The molecule has 124 valence electrons. The van der Waals surface area contributed by atoms with Gasteiger partial charge in [0, 0.05) is 18.6 Å². The summed E-state index contributed by atoms with van der Waals surface area (Å²) in [6.45, 7) is 8.48. The van der Waals surface area contributed by atoms with Crippen molar-refractivity contribution in [2.75, 3.05) is 6.54 Å². The normalized spacial score (nSPS) is 19.6. The van der Waals surface area contributed by atoms with Crippen LogP contribution in [0.4, 0.5) is 0 Å². The first-order valence-corrected chi connectivity index (χ1v) is 8.78. The maximum absolute atomic E-state index is 12.7. The van der Waals surface area contributed by atoms with Gasteiger partial charge in [-0.3, -0.25) is 14.3 Å². The van der Waals surface area contributed by atoms with Crippen LogP contribution in [-0.2, 0) is 6.54 Å². The second kappa shape index (κ2) is 6.83. The topological polar surface area (TPSA) is 38.1 Å². The highest BCUT2D eigenvalue weighted by Crippen LogP contribution is 2.22. The molecule has 0 bridgehead atoms. The predicted molar refractivity (Wildman–Crippen MR) is 94.8 cm³/mol. The van der Waals surface area contributed by atoms with E-state index in [2.05, 4.69) is 23.7 Å². The highest BCUT2D eigenvalue weighted by Gasteiger charge is 2.24. The Morgan fingerprint density at radius 1 is 1.30 bits per heavy atom. The number of likely N-dealkylation sites (tertiary alicyclic amines) is 1. The van der Waals surface area contributed by atoms with Crippen molar-refractivity contribution in [1.29, 1.82) is 0 Å². The van der Waals surface area contributed by atoms with E-state index in [1.54, 1.807) is 10.9 Å². The zero-order valence-electron chi connectivity index (χ0n) is 14.5. The summed E-state index contributed by atoms with van der Waals surface area (Å²) in [5.74, 6) is 0. The van der Waals surface area contributed by atoms with E-state index in [9.17, 15) is 4.79 Å². The van der Waals surface area contributed by atoms with E-state index >= 15 is 0 Å². The lowest BCUT2D eigenvalue weighted by atomic mass is 9.97. The van der Waals surface area contributed by atoms with Gasteiger partial charge in [0.05, 0.1) is 17.2 Å². The Morgan fingerprint density at radius 3 is 2.91 bits per heavy atom. The third kappa shape index (κ3) is 3.32. The fourth-order valence-electron chi connectivity index (χ4n) is 3.80. The molecule has 3 rings (SSSR count). The number of rotatable bonds is 4.